The predicted octanol–water partition coefficient (Wildman–Crippen LogP) is 2.73. The topological polar surface area (TPSA) is 38.3 Å². The lowest BCUT2D eigenvalue weighted by atomic mass is 9.90. The minimum absolute atomic E-state index is 0.0411. The zero-order valence-corrected chi connectivity index (χ0v) is 12.8. The molecule has 1 heterocycles. The van der Waals surface area contributed by atoms with Gasteiger partial charge in [0.15, 0.2) is 0 Å². The van der Waals surface area contributed by atoms with E-state index in [9.17, 15) is 4.79 Å². The molecule has 0 saturated carbocycles. The first-order valence-corrected chi connectivity index (χ1v) is 7.23. The summed E-state index contributed by atoms with van der Waals surface area (Å²) in [4.78, 5) is 12.2. The Hall–Kier alpha value is -0.0900. The number of ether oxygens (including phenoxy) is 1. The second kappa shape index (κ2) is 6.19. The van der Waals surface area contributed by atoms with Gasteiger partial charge in [-0.25, -0.2) is 0 Å². The van der Waals surface area contributed by atoms with Crippen LogP contribution in [0.5, 0.6) is 0 Å². The third kappa shape index (κ3) is 5.87. The van der Waals surface area contributed by atoms with Gasteiger partial charge in [-0.2, -0.15) is 0 Å². The average Bonchev–Trinajstić information content (AvgIpc) is 2.58. The van der Waals surface area contributed by atoms with Gasteiger partial charge >= 0.3 is 0 Å². The molecule has 17 heavy (non-hydrogen) atoms. The van der Waals surface area contributed by atoms with Crippen molar-refractivity contribution < 1.29 is 9.53 Å². The molecule has 1 N–H and O–H groups in total. The number of carbonyl (C=O) groups is 1. The largest absolute Gasteiger partial charge is 0.378 e. The van der Waals surface area contributed by atoms with Gasteiger partial charge in [-0.1, -0.05) is 36.7 Å². The molecule has 1 fully saturated rings. The van der Waals surface area contributed by atoms with Gasteiger partial charge in [0.25, 0.3) is 0 Å². The van der Waals surface area contributed by atoms with Crippen LogP contribution in [0.3, 0.4) is 0 Å². The monoisotopic (exact) mass is 305 g/mol. The Morgan fingerprint density at radius 1 is 1.53 bits per heavy atom. The van der Waals surface area contributed by atoms with Gasteiger partial charge in [-0.05, 0) is 25.2 Å². The number of rotatable bonds is 4. The Morgan fingerprint density at radius 2 is 2.18 bits per heavy atom. The van der Waals surface area contributed by atoms with Crippen molar-refractivity contribution in [2.75, 3.05) is 13.2 Å². The maximum absolute atomic E-state index is 11.8. The molecule has 1 amide bonds. The van der Waals surface area contributed by atoms with Crippen molar-refractivity contribution in [1.82, 2.24) is 5.32 Å². The minimum atomic E-state index is 0.0411. The second-order valence-electron chi connectivity index (χ2n) is 6.18. The first kappa shape index (κ1) is 15.0. The number of amides is 1. The zero-order valence-electron chi connectivity index (χ0n) is 11.3. The van der Waals surface area contributed by atoms with E-state index in [0.29, 0.717) is 18.0 Å². The number of halogens is 1. The van der Waals surface area contributed by atoms with E-state index in [2.05, 4.69) is 42.0 Å². The molecule has 3 nitrogen and oxygen atoms in total. The summed E-state index contributed by atoms with van der Waals surface area (Å²) in [5.41, 5.74) is 0.282. The van der Waals surface area contributed by atoms with Gasteiger partial charge in [-0.15, -0.1) is 0 Å². The summed E-state index contributed by atoms with van der Waals surface area (Å²) in [7, 11) is 0. The molecule has 1 saturated heterocycles. The molecular weight excluding hydrogens is 282 g/mol. The van der Waals surface area contributed by atoms with Crippen LogP contribution in [0.2, 0.25) is 0 Å². The van der Waals surface area contributed by atoms with Gasteiger partial charge in [0.2, 0.25) is 5.91 Å². The standard InChI is InChI=1S/C13H24BrNO2/c1-9-5-10(8-17-9)12(16)15-7-11(14)6-13(2,3)4/h9-11H,5-8H2,1-4H3,(H,15,16). The van der Waals surface area contributed by atoms with Gasteiger partial charge in [0.05, 0.1) is 18.6 Å². The van der Waals surface area contributed by atoms with Gasteiger partial charge in [0.1, 0.15) is 0 Å². The van der Waals surface area contributed by atoms with E-state index in [1.54, 1.807) is 0 Å². The maximum atomic E-state index is 11.8. The molecule has 1 aliphatic heterocycles. The summed E-state index contributed by atoms with van der Waals surface area (Å²) in [5, 5.41) is 3.00. The van der Waals surface area contributed by atoms with Crippen molar-refractivity contribution in [3.63, 3.8) is 0 Å². The quantitative estimate of drug-likeness (QED) is 0.811. The first-order valence-electron chi connectivity index (χ1n) is 6.31. The molecule has 0 bridgehead atoms. The van der Waals surface area contributed by atoms with E-state index in [4.69, 9.17) is 4.74 Å². The summed E-state index contributed by atoms with van der Waals surface area (Å²) in [6, 6.07) is 0. The average molecular weight is 306 g/mol. The van der Waals surface area contributed by atoms with E-state index in [1.807, 2.05) is 6.92 Å². The second-order valence-corrected chi connectivity index (χ2v) is 7.48. The molecule has 0 aromatic heterocycles. The van der Waals surface area contributed by atoms with Crippen molar-refractivity contribution in [3.8, 4) is 0 Å². The van der Waals surface area contributed by atoms with Crippen LogP contribution in [-0.2, 0) is 9.53 Å². The summed E-state index contributed by atoms with van der Waals surface area (Å²) in [6.45, 7) is 9.89. The fraction of sp³-hybridized carbons (Fsp3) is 0.923. The van der Waals surface area contributed by atoms with E-state index in [-0.39, 0.29) is 23.3 Å². The smallest absolute Gasteiger partial charge is 0.225 e. The van der Waals surface area contributed by atoms with Crippen LogP contribution in [0.1, 0.15) is 40.5 Å². The molecule has 0 aromatic rings. The predicted molar refractivity (Wildman–Crippen MR) is 73.3 cm³/mol. The molecule has 100 valence electrons. The molecule has 0 spiro atoms. The van der Waals surface area contributed by atoms with Gasteiger partial charge < -0.3 is 10.1 Å². The zero-order chi connectivity index (χ0) is 13.1. The van der Waals surface area contributed by atoms with Crippen molar-refractivity contribution in [1.29, 1.82) is 0 Å². The van der Waals surface area contributed by atoms with Crippen LogP contribution in [0.4, 0.5) is 0 Å². The number of carbonyl (C=O) groups excluding carboxylic acids is 1. The van der Waals surface area contributed by atoms with Crippen LogP contribution in [-0.4, -0.2) is 30.0 Å². The molecule has 4 heteroatoms. The Bertz CT molecular complexity index is 263. The third-order valence-electron chi connectivity index (χ3n) is 2.90. The Morgan fingerprint density at radius 3 is 2.65 bits per heavy atom. The van der Waals surface area contributed by atoms with Crippen molar-refractivity contribution >= 4 is 21.8 Å². The van der Waals surface area contributed by atoms with Gasteiger partial charge in [0, 0.05) is 11.4 Å². The Labute approximate surface area is 113 Å². The number of hydrogen-bond acceptors (Lipinski definition) is 2. The molecule has 1 aliphatic rings. The molecule has 0 radical (unpaired) electrons. The summed E-state index contributed by atoms with van der Waals surface area (Å²) in [6.07, 6.45) is 2.11. The summed E-state index contributed by atoms with van der Waals surface area (Å²) < 4.78 is 5.40. The third-order valence-corrected chi connectivity index (χ3v) is 3.55. The number of hydrogen-bond donors (Lipinski definition) is 1. The van der Waals surface area contributed by atoms with Crippen LogP contribution >= 0.6 is 15.9 Å². The van der Waals surface area contributed by atoms with E-state index in [1.165, 1.54) is 0 Å². The van der Waals surface area contributed by atoms with Crippen LogP contribution < -0.4 is 5.32 Å². The highest BCUT2D eigenvalue weighted by Gasteiger charge is 2.28. The van der Waals surface area contributed by atoms with Crippen LogP contribution in [0.15, 0.2) is 0 Å². The lowest BCUT2D eigenvalue weighted by Gasteiger charge is -2.22. The molecule has 3 unspecified atom stereocenters. The number of nitrogens with one attached hydrogen (secondary N) is 1. The summed E-state index contributed by atoms with van der Waals surface area (Å²) >= 11 is 3.62. The normalized spacial score (nSPS) is 26.9. The van der Waals surface area contributed by atoms with E-state index < -0.39 is 0 Å². The van der Waals surface area contributed by atoms with Crippen molar-refractivity contribution in [2.24, 2.45) is 11.3 Å². The van der Waals surface area contributed by atoms with E-state index >= 15 is 0 Å². The molecule has 0 aliphatic carbocycles. The maximum Gasteiger partial charge on any atom is 0.225 e. The molecule has 1 rings (SSSR count). The fourth-order valence-electron chi connectivity index (χ4n) is 2.09. The lowest BCUT2D eigenvalue weighted by Crippen LogP contribution is -2.36. The molecule has 3 atom stereocenters. The highest BCUT2D eigenvalue weighted by atomic mass is 79.9. The highest BCUT2D eigenvalue weighted by molar-refractivity contribution is 9.09. The first-order chi connectivity index (χ1) is 7.78. The Balaban J connectivity index is 2.24. The van der Waals surface area contributed by atoms with Crippen LogP contribution in [0, 0.1) is 11.3 Å². The summed E-state index contributed by atoms with van der Waals surface area (Å²) in [5.74, 6) is 0.173. The van der Waals surface area contributed by atoms with Crippen molar-refractivity contribution in [3.05, 3.63) is 0 Å². The van der Waals surface area contributed by atoms with Gasteiger partial charge in [-0.3, -0.25) is 4.79 Å². The minimum Gasteiger partial charge on any atom is -0.378 e. The lowest BCUT2D eigenvalue weighted by molar-refractivity contribution is -0.124. The van der Waals surface area contributed by atoms with Crippen LogP contribution in [0.25, 0.3) is 0 Å². The fourth-order valence-corrected chi connectivity index (χ4v) is 3.23. The van der Waals surface area contributed by atoms with Crippen molar-refractivity contribution in [2.45, 2.75) is 51.5 Å². The number of alkyl halides is 1. The van der Waals surface area contributed by atoms with E-state index in [0.717, 1.165) is 12.8 Å². The highest BCUT2D eigenvalue weighted by Crippen LogP contribution is 2.24. The Kier molecular flexibility index (Phi) is 5.45. The molecular formula is C13H24BrNO2. The molecule has 0 aromatic carbocycles. The SMILES string of the molecule is CC1CC(C(=O)NCC(Br)CC(C)(C)C)CO1.